The molecule has 1 aliphatic heterocycles. The van der Waals surface area contributed by atoms with Crippen LogP contribution in [0.15, 0.2) is 18.2 Å². The van der Waals surface area contributed by atoms with Gasteiger partial charge in [0.15, 0.2) is 5.82 Å². The molecule has 0 radical (unpaired) electrons. The average Bonchev–Trinajstić information content (AvgIpc) is 3.31. The van der Waals surface area contributed by atoms with E-state index in [1.165, 1.54) is 12.8 Å². The van der Waals surface area contributed by atoms with Gasteiger partial charge in [-0.05, 0) is 38.8 Å². The Balaban J connectivity index is 1.30. The normalized spacial score (nSPS) is 17.9. The van der Waals surface area contributed by atoms with Crippen LogP contribution in [0.5, 0.6) is 0 Å². The van der Waals surface area contributed by atoms with Gasteiger partial charge < -0.3 is 10.2 Å². The van der Waals surface area contributed by atoms with E-state index >= 15 is 0 Å². The third-order valence-corrected chi connectivity index (χ3v) is 4.45. The number of aryl methyl sites for hydroxylation is 2. The molecular formula is C17H22N6. The number of rotatable bonds is 5. The molecule has 0 atom stereocenters. The Hall–Kier alpha value is -2.24. The molecule has 120 valence electrons. The molecule has 1 N–H and O–H groups in total. The van der Waals surface area contributed by atoms with Crippen LogP contribution in [-0.2, 0) is 0 Å². The molecule has 1 aliphatic carbocycles. The van der Waals surface area contributed by atoms with E-state index in [1.807, 2.05) is 32.0 Å². The first-order valence-electron chi connectivity index (χ1n) is 8.32. The molecule has 4 rings (SSSR count). The van der Waals surface area contributed by atoms with Crippen LogP contribution in [0.4, 0.5) is 11.6 Å². The van der Waals surface area contributed by atoms with Crippen molar-refractivity contribution >= 4 is 11.6 Å². The standard InChI is InChI=1S/C17H22N6/c1-11-3-6-16(22-21-11)23-9-13(10-23)8-18-15-7-12(2)19-17(20-15)14-4-5-14/h3,6-7,13-14H,4-5,8-10H2,1-2H3,(H,18,19,20). The zero-order valence-electron chi connectivity index (χ0n) is 13.7. The first kappa shape index (κ1) is 14.4. The number of hydrogen-bond donors (Lipinski definition) is 1. The van der Waals surface area contributed by atoms with Crippen LogP contribution in [0.1, 0.15) is 36.0 Å². The van der Waals surface area contributed by atoms with E-state index in [0.29, 0.717) is 11.8 Å². The summed E-state index contributed by atoms with van der Waals surface area (Å²) in [5.41, 5.74) is 2.01. The quantitative estimate of drug-likeness (QED) is 0.914. The van der Waals surface area contributed by atoms with Crippen molar-refractivity contribution in [1.29, 1.82) is 0 Å². The Labute approximate surface area is 136 Å². The Morgan fingerprint density at radius 2 is 1.91 bits per heavy atom. The summed E-state index contributed by atoms with van der Waals surface area (Å²) in [6.07, 6.45) is 2.47. The molecular weight excluding hydrogens is 288 g/mol. The van der Waals surface area contributed by atoms with Crippen LogP contribution in [-0.4, -0.2) is 39.8 Å². The second kappa shape index (κ2) is 5.76. The van der Waals surface area contributed by atoms with Gasteiger partial charge in [0.2, 0.25) is 0 Å². The Bertz CT molecular complexity index is 689. The maximum Gasteiger partial charge on any atom is 0.151 e. The van der Waals surface area contributed by atoms with Gasteiger partial charge in [-0.15, -0.1) is 5.10 Å². The van der Waals surface area contributed by atoms with E-state index in [4.69, 9.17) is 0 Å². The molecule has 0 spiro atoms. The van der Waals surface area contributed by atoms with Crippen LogP contribution < -0.4 is 10.2 Å². The van der Waals surface area contributed by atoms with Crippen LogP contribution in [0.25, 0.3) is 0 Å². The van der Waals surface area contributed by atoms with Gasteiger partial charge in [0.05, 0.1) is 5.69 Å². The maximum absolute atomic E-state index is 4.65. The monoisotopic (exact) mass is 310 g/mol. The number of hydrogen-bond acceptors (Lipinski definition) is 6. The van der Waals surface area contributed by atoms with Crippen molar-refractivity contribution in [2.45, 2.75) is 32.6 Å². The SMILES string of the molecule is Cc1ccc(N2CC(CNc3cc(C)nc(C4CC4)n3)C2)nn1. The number of nitrogens with one attached hydrogen (secondary N) is 1. The smallest absolute Gasteiger partial charge is 0.151 e. The molecule has 6 nitrogen and oxygen atoms in total. The molecule has 1 saturated carbocycles. The van der Waals surface area contributed by atoms with E-state index in [1.54, 1.807) is 0 Å². The lowest BCUT2D eigenvalue weighted by Gasteiger charge is -2.40. The zero-order chi connectivity index (χ0) is 15.8. The lowest BCUT2D eigenvalue weighted by molar-refractivity contribution is 0.425. The molecule has 2 fully saturated rings. The molecule has 23 heavy (non-hydrogen) atoms. The highest BCUT2D eigenvalue weighted by molar-refractivity contribution is 5.42. The van der Waals surface area contributed by atoms with Crippen molar-refractivity contribution in [2.24, 2.45) is 5.92 Å². The molecule has 0 unspecified atom stereocenters. The Kier molecular flexibility index (Phi) is 3.59. The van der Waals surface area contributed by atoms with Crippen molar-refractivity contribution in [2.75, 3.05) is 29.9 Å². The largest absolute Gasteiger partial charge is 0.370 e. The lowest BCUT2D eigenvalue weighted by atomic mass is 10.0. The summed E-state index contributed by atoms with van der Waals surface area (Å²) in [4.78, 5) is 11.5. The fraction of sp³-hybridized carbons (Fsp3) is 0.529. The van der Waals surface area contributed by atoms with Gasteiger partial charge in [-0.1, -0.05) is 0 Å². The van der Waals surface area contributed by atoms with Crippen molar-refractivity contribution in [1.82, 2.24) is 20.2 Å². The van der Waals surface area contributed by atoms with Crippen LogP contribution >= 0.6 is 0 Å². The highest BCUT2D eigenvalue weighted by Crippen LogP contribution is 2.38. The summed E-state index contributed by atoms with van der Waals surface area (Å²) in [5.74, 6) is 4.17. The van der Waals surface area contributed by atoms with Gasteiger partial charge in [-0.3, -0.25) is 0 Å². The van der Waals surface area contributed by atoms with Crippen molar-refractivity contribution in [3.63, 3.8) is 0 Å². The first-order valence-corrected chi connectivity index (χ1v) is 8.32. The molecule has 2 aromatic rings. The minimum Gasteiger partial charge on any atom is -0.370 e. The van der Waals surface area contributed by atoms with Gasteiger partial charge in [0, 0.05) is 43.2 Å². The fourth-order valence-corrected chi connectivity index (χ4v) is 2.90. The summed E-state index contributed by atoms with van der Waals surface area (Å²) >= 11 is 0. The molecule has 0 aromatic carbocycles. The number of anilines is 2. The molecule has 2 aliphatic rings. The predicted molar refractivity (Wildman–Crippen MR) is 89.7 cm³/mol. The highest BCUT2D eigenvalue weighted by atomic mass is 15.3. The Morgan fingerprint density at radius 1 is 1.09 bits per heavy atom. The summed E-state index contributed by atoms with van der Waals surface area (Å²) in [7, 11) is 0. The lowest BCUT2D eigenvalue weighted by Crippen LogP contribution is -2.50. The summed E-state index contributed by atoms with van der Waals surface area (Å²) in [5, 5.41) is 11.8. The number of nitrogens with zero attached hydrogens (tertiary/aromatic N) is 5. The van der Waals surface area contributed by atoms with Crippen LogP contribution in [0, 0.1) is 19.8 Å². The van der Waals surface area contributed by atoms with Crippen LogP contribution in [0.2, 0.25) is 0 Å². The minimum absolute atomic E-state index is 0.592. The third-order valence-electron chi connectivity index (χ3n) is 4.45. The second-order valence-electron chi connectivity index (χ2n) is 6.71. The molecule has 6 heteroatoms. The van der Waals surface area contributed by atoms with Gasteiger partial charge in [0.25, 0.3) is 0 Å². The topological polar surface area (TPSA) is 66.8 Å². The fourth-order valence-electron chi connectivity index (χ4n) is 2.90. The Morgan fingerprint density at radius 3 is 2.61 bits per heavy atom. The highest BCUT2D eigenvalue weighted by Gasteiger charge is 2.29. The van der Waals surface area contributed by atoms with E-state index in [2.05, 4.69) is 30.4 Å². The summed E-state index contributed by atoms with van der Waals surface area (Å²) < 4.78 is 0. The van der Waals surface area contributed by atoms with Crippen molar-refractivity contribution in [3.8, 4) is 0 Å². The zero-order valence-corrected chi connectivity index (χ0v) is 13.7. The molecule has 1 saturated heterocycles. The molecule has 2 aromatic heterocycles. The van der Waals surface area contributed by atoms with E-state index in [9.17, 15) is 0 Å². The third kappa shape index (κ3) is 3.25. The minimum atomic E-state index is 0.592. The van der Waals surface area contributed by atoms with E-state index < -0.39 is 0 Å². The van der Waals surface area contributed by atoms with E-state index in [0.717, 1.165) is 48.5 Å². The molecule has 3 heterocycles. The van der Waals surface area contributed by atoms with E-state index in [-0.39, 0.29) is 0 Å². The summed E-state index contributed by atoms with van der Waals surface area (Å²) in [6, 6.07) is 6.09. The van der Waals surface area contributed by atoms with Crippen molar-refractivity contribution in [3.05, 3.63) is 35.4 Å². The first-order chi connectivity index (χ1) is 11.2. The molecule has 0 bridgehead atoms. The summed E-state index contributed by atoms with van der Waals surface area (Å²) in [6.45, 7) is 6.98. The van der Waals surface area contributed by atoms with Gasteiger partial charge in [0.1, 0.15) is 11.6 Å². The average molecular weight is 310 g/mol. The second-order valence-corrected chi connectivity index (χ2v) is 6.71. The van der Waals surface area contributed by atoms with Gasteiger partial charge in [-0.2, -0.15) is 5.10 Å². The van der Waals surface area contributed by atoms with Gasteiger partial charge >= 0.3 is 0 Å². The maximum atomic E-state index is 4.65. The predicted octanol–water partition coefficient (Wildman–Crippen LogP) is 2.31. The van der Waals surface area contributed by atoms with Crippen molar-refractivity contribution < 1.29 is 0 Å². The molecule has 0 amide bonds. The number of aromatic nitrogens is 4. The van der Waals surface area contributed by atoms with Crippen LogP contribution in [0.3, 0.4) is 0 Å². The van der Waals surface area contributed by atoms with Gasteiger partial charge in [-0.25, -0.2) is 9.97 Å².